The number of Topliss-reactive ketones (excluding diaryl/α,β-unsaturated/α-hetero) is 2. The van der Waals surface area contributed by atoms with Crippen LogP contribution < -0.4 is 4.74 Å². The Bertz CT molecular complexity index is 1540. The highest BCUT2D eigenvalue weighted by atomic mass is 35.5. The van der Waals surface area contributed by atoms with Gasteiger partial charge in [0.1, 0.15) is 5.75 Å². The Balaban J connectivity index is 1.41. The van der Waals surface area contributed by atoms with E-state index in [4.69, 9.17) is 16.3 Å². The number of ether oxygens (including phenoxy) is 1. The third kappa shape index (κ3) is 6.44. The zero-order valence-corrected chi connectivity index (χ0v) is 25.8. The molecule has 3 aromatic rings. The van der Waals surface area contributed by atoms with Gasteiger partial charge in [0.05, 0.1) is 17.0 Å². The van der Waals surface area contributed by atoms with Crippen LogP contribution in [0.3, 0.4) is 0 Å². The molecule has 0 spiro atoms. The van der Waals surface area contributed by atoms with Crippen molar-refractivity contribution in [2.45, 2.75) is 50.3 Å². The molecule has 5 rings (SSSR count). The molecule has 1 aromatic heterocycles. The summed E-state index contributed by atoms with van der Waals surface area (Å²) in [6, 6.07) is 11.8. The maximum Gasteiger partial charge on any atom is 0.243 e. The molecule has 0 atom stereocenters. The number of fused-ring (bicyclic) bond motifs is 1. The van der Waals surface area contributed by atoms with Crippen LogP contribution >= 0.6 is 22.9 Å². The highest BCUT2D eigenvalue weighted by Gasteiger charge is 2.30. The minimum absolute atomic E-state index is 0.000250. The number of piperazine rings is 1. The number of sulfonamides is 1. The van der Waals surface area contributed by atoms with Crippen molar-refractivity contribution < 1.29 is 22.7 Å². The molecule has 0 amide bonds. The fraction of sp³-hybridized carbons (Fsp3) is 0.419. The van der Waals surface area contributed by atoms with E-state index in [0.29, 0.717) is 31.7 Å². The van der Waals surface area contributed by atoms with Gasteiger partial charge < -0.3 is 9.64 Å². The SMILES string of the molecule is CCN1CCN(S(=O)(=O)c2ccc(Cl)c(C(=O)Cc3sc4c(c3C(=O)Cc3ccc(OC)cc3)CCCC4)c2)CC1. The van der Waals surface area contributed by atoms with Gasteiger partial charge in [0.25, 0.3) is 0 Å². The molecule has 10 heteroatoms. The third-order valence-electron chi connectivity index (χ3n) is 8.02. The molecule has 7 nitrogen and oxygen atoms in total. The minimum Gasteiger partial charge on any atom is -0.497 e. The number of halogens is 1. The second-order valence-electron chi connectivity index (χ2n) is 10.5. The first-order chi connectivity index (χ1) is 19.7. The lowest BCUT2D eigenvalue weighted by atomic mass is 9.90. The van der Waals surface area contributed by atoms with E-state index in [0.717, 1.165) is 54.0 Å². The van der Waals surface area contributed by atoms with Crippen LogP contribution in [-0.2, 0) is 35.7 Å². The van der Waals surface area contributed by atoms with E-state index in [1.807, 2.05) is 24.3 Å². The highest BCUT2D eigenvalue weighted by molar-refractivity contribution is 7.89. The summed E-state index contributed by atoms with van der Waals surface area (Å²) in [6.07, 6.45) is 4.03. The average molecular weight is 615 g/mol. The van der Waals surface area contributed by atoms with E-state index in [9.17, 15) is 18.0 Å². The summed E-state index contributed by atoms with van der Waals surface area (Å²) in [5, 5.41) is 0.206. The summed E-state index contributed by atoms with van der Waals surface area (Å²) in [5.74, 6) is 0.427. The zero-order chi connectivity index (χ0) is 29.1. The molecular weight excluding hydrogens is 580 g/mol. The van der Waals surface area contributed by atoms with Crippen molar-refractivity contribution in [2.24, 2.45) is 0 Å². The van der Waals surface area contributed by atoms with E-state index in [1.165, 1.54) is 38.7 Å². The van der Waals surface area contributed by atoms with Crippen LogP contribution in [0.5, 0.6) is 5.75 Å². The standard InChI is InChI=1S/C31H35ClN2O5S2/c1-3-33-14-16-34(17-15-33)41(37,38)23-12-13-26(32)25(19-23)27(35)20-30-31(24-6-4-5-7-29(24)40-30)28(36)18-21-8-10-22(39-2)11-9-21/h8-13,19H,3-7,14-18,20H2,1-2H3. The molecule has 2 aromatic carbocycles. The van der Waals surface area contributed by atoms with Gasteiger partial charge >= 0.3 is 0 Å². The molecule has 1 aliphatic heterocycles. The fourth-order valence-corrected chi connectivity index (χ4v) is 8.73. The van der Waals surface area contributed by atoms with E-state index in [-0.39, 0.29) is 39.9 Å². The number of benzene rings is 2. The van der Waals surface area contributed by atoms with E-state index in [1.54, 1.807) is 7.11 Å². The summed E-state index contributed by atoms with van der Waals surface area (Å²) < 4.78 is 33.5. The molecule has 218 valence electrons. The number of ketones is 2. The monoisotopic (exact) mass is 614 g/mol. The normalized spacial score (nSPS) is 16.4. The predicted molar refractivity (Wildman–Crippen MR) is 162 cm³/mol. The summed E-state index contributed by atoms with van der Waals surface area (Å²) in [4.78, 5) is 31.5. The Morgan fingerprint density at radius 1 is 0.951 bits per heavy atom. The molecule has 2 aliphatic rings. The van der Waals surface area contributed by atoms with Gasteiger partial charge in [-0.2, -0.15) is 4.31 Å². The first kappa shape index (κ1) is 29.9. The van der Waals surface area contributed by atoms with E-state index >= 15 is 0 Å². The van der Waals surface area contributed by atoms with Crippen molar-refractivity contribution in [3.63, 3.8) is 0 Å². The Morgan fingerprint density at radius 3 is 2.34 bits per heavy atom. The summed E-state index contributed by atoms with van der Waals surface area (Å²) in [7, 11) is -2.16. The molecule has 1 fully saturated rings. The number of nitrogens with zero attached hydrogens (tertiary/aromatic N) is 2. The second-order valence-corrected chi connectivity index (χ2v) is 14.1. The highest BCUT2D eigenvalue weighted by Crippen LogP contribution is 2.37. The number of carbonyl (C=O) groups excluding carboxylic acids is 2. The van der Waals surface area contributed by atoms with E-state index < -0.39 is 10.0 Å². The van der Waals surface area contributed by atoms with Gasteiger partial charge in [-0.3, -0.25) is 9.59 Å². The number of likely N-dealkylation sites (N-methyl/N-ethyl adjacent to an activating group) is 1. The maximum atomic E-state index is 13.7. The molecule has 1 aliphatic carbocycles. The molecule has 0 unspecified atom stereocenters. The number of hydrogen-bond donors (Lipinski definition) is 0. The van der Waals surface area contributed by atoms with Crippen molar-refractivity contribution >= 4 is 44.5 Å². The van der Waals surface area contributed by atoms with Crippen molar-refractivity contribution in [3.8, 4) is 5.75 Å². The van der Waals surface area contributed by atoms with Gasteiger partial charge in [-0.15, -0.1) is 11.3 Å². The van der Waals surface area contributed by atoms with Crippen molar-refractivity contribution in [3.05, 3.63) is 79.5 Å². The molecular formula is C31H35ClN2O5S2. The number of rotatable bonds is 10. The number of hydrogen-bond acceptors (Lipinski definition) is 7. The molecule has 0 N–H and O–H groups in total. The lowest BCUT2D eigenvalue weighted by Crippen LogP contribution is -2.48. The topological polar surface area (TPSA) is 84.0 Å². The largest absolute Gasteiger partial charge is 0.497 e. The summed E-state index contributed by atoms with van der Waals surface area (Å²) >= 11 is 7.99. The van der Waals surface area contributed by atoms with Crippen LogP contribution in [0.2, 0.25) is 5.02 Å². The maximum absolute atomic E-state index is 13.7. The summed E-state index contributed by atoms with van der Waals surface area (Å²) in [5.41, 5.74) is 2.77. The van der Waals surface area contributed by atoms with Gasteiger partial charge in [0.2, 0.25) is 10.0 Å². The van der Waals surface area contributed by atoms with Gasteiger partial charge in [-0.1, -0.05) is 30.7 Å². The minimum atomic E-state index is -3.77. The number of methoxy groups -OCH3 is 1. The fourth-order valence-electron chi connectivity index (χ4n) is 5.64. The quantitative estimate of drug-likeness (QED) is 0.282. The first-order valence-electron chi connectivity index (χ1n) is 14.1. The first-order valence-corrected chi connectivity index (χ1v) is 16.7. The van der Waals surface area contributed by atoms with Crippen molar-refractivity contribution in [2.75, 3.05) is 39.8 Å². The van der Waals surface area contributed by atoms with Crippen LogP contribution in [0.4, 0.5) is 0 Å². The van der Waals surface area contributed by atoms with Gasteiger partial charge in [-0.05, 0) is 73.7 Å². The molecule has 1 saturated heterocycles. The Morgan fingerprint density at radius 2 is 1.66 bits per heavy atom. The molecule has 0 radical (unpaired) electrons. The van der Waals surface area contributed by atoms with E-state index in [2.05, 4.69) is 11.8 Å². The molecule has 2 heterocycles. The number of aryl methyl sites for hydroxylation is 1. The van der Waals surface area contributed by atoms with Crippen LogP contribution in [-0.4, -0.2) is 69.0 Å². The van der Waals surface area contributed by atoms with Crippen LogP contribution in [0.15, 0.2) is 47.4 Å². The van der Waals surface area contributed by atoms with Gasteiger partial charge in [0, 0.05) is 59.9 Å². The Hall–Kier alpha value is -2.56. The molecule has 0 saturated carbocycles. The summed E-state index contributed by atoms with van der Waals surface area (Å²) in [6.45, 7) is 5.09. The predicted octanol–water partition coefficient (Wildman–Crippen LogP) is 5.47. The lowest BCUT2D eigenvalue weighted by Gasteiger charge is -2.33. The molecule has 41 heavy (non-hydrogen) atoms. The van der Waals surface area contributed by atoms with Crippen molar-refractivity contribution in [1.82, 2.24) is 9.21 Å². The Kier molecular flexibility index (Phi) is 9.30. The van der Waals surface area contributed by atoms with Gasteiger partial charge in [-0.25, -0.2) is 8.42 Å². The van der Waals surface area contributed by atoms with Crippen LogP contribution in [0, 0.1) is 0 Å². The van der Waals surface area contributed by atoms with Crippen LogP contribution in [0.1, 0.15) is 61.4 Å². The average Bonchev–Trinajstić information content (AvgIpc) is 3.35. The Labute approximate surface area is 251 Å². The smallest absolute Gasteiger partial charge is 0.243 e. The van der Waals surface area contributed by atoms with Gasteiger partial charge in [0.15, 0.2) is 11.6 Å². The van der Waals surface area contributed by atoms with Crippen molar-refractivity contribution in [1.29, 1.82) is 0 Å². The molecule has 0 bridgehead atoms. The number of carbonyl (C=O) groups is 2. The van der Waals surface area contributed by atoms with Crippen LogP contribution in [0.25, 0.3) is 0 Å². The lowest BCUT2D eigenvalue weighted by molar-refractivity contribution is 0.0989. The third-order valence-corrected chi connectivity index (χ3v) is 11.5. The second kappa shape index (κ2) is 12.8. The zero-order valence-electron chi connectivity index (χ0n) is 23.4. The number of thiophene rings is 1.